The van der Waals surface area contributed by atoms with Crippen molar-refractivity contribution >= 4 is 32.6 Å². The summed E-state index contributed by atoms with van der Waals surface area (Å²) in [6.45, 7) is 3.17. The Balaban J connectivity index is 1.40. The third-order valence-electron chi connectivity index (χ3n) is 7.18. The zero-order valence-electron chi connectivity index (χ0n) is 23.9. The standard InChI is InChI=1S/C34H36INO6S/c1-25-17-19-29(20-18-25)43(37,38)36-34-31(35)33(41-23-28-15-9-4-10-16-28)32(40-22-27-13-7-3-8-14-27)30(42-34)24-39-21-26-11-5-2-6-12-26/h2-20,30-34,36H,21-24H2,1H3. The maximum absolute atomic E-state index is 13.4. The Morgan fingerprint density at radius 3 is 1.72 bits per heavy atom. The Hall–Kier alpha value is -2.64. The van der Waals surface area contributed by atoms with Crippen LogP contribution in [0.25, 0.3) is 0 Å². The first kappa shape index (κ1) is 31.8. The molecule has 1 aliphatic rings. The summed E-state index contributed by atoms with van der Waals surface area (Å²) >= 11 is 2.22. The summed E-state index contributed by atoms with van der Waals surface area (Å²) in [5.41, 5.74) is 4.02. The van der Waals surface area contributed by atoms with Crippen molar-refractivity contribution < 1.29 is 27.4 Å². The van der Waals surface area contributed by atoms with Crippen molar-refractivity contribution in [3.63, 3.8) is 0 Å². The van der Waals surface area contributed by atoms with E-state index in [1.807, 2.05) is 97.9 Å². The van der Waals surface area contributed by atoms with Crippen molar-refractivity contribution in [2.75, 3.05) is 6.61 Å². The molecule has 4 aromatic rings. The SMILES string of the molecule is Cc1ccc(S(=O)(=O)NC2OC(COCc3ccccc3)C(OCc3ccccc3)C(OCc3ccccc3)C2I)cc1. The Morgan fingerprint density at radius 1 is 0.698 bits per heavy atom. The van der Waals surface area contributed by atoms with Gasteiger partial charge in [0.05, 0.1) is 35.2 Å². The van der Waals surface area contributed by atoms with E-state index in [9.17, 15) is 8.42 Å². The van der Waals surface area contributed by atoms with Gasteiger partial charge in [-0.3, -0.25) is 0 Å². The third kappa shape index (κ3) is 8.95. The number of nitrogens with one attached hydrogen (secondary N) is 1. The molecule has 5 rings (SSSR count). The maximum atomic E-state index is 13.4. The lowest BCUT2D eigenvalue weighted by molar-refractivity contribution is -0.216. The van der Waals surface area contributed by atoms with Crippen LogP contribution in [0.5, 0.6) is 0 Å². The van der Waals surface area contributed by atoms with Gasteiger partial charge in [0.2, 0.25) is 10.0 Å². The van der Waals surface area contributed by atoms with E-state index in [0.29, 0.717) is 19.8 Å². The topological polar surface area (TPSA) is 83.1 Å². The second kappa shape index (κ2) is 15.4. The predicted octanol–water partition coefficient (Wildman–Crippen LogP) is 6.19. The second-order valence-electron chi connectivity index (χ2n) is 10.5. The fraction of sp³-hybridized carbons (Fsp3) is 0.294. The molecule has 1 N–H and O–H groups in total. The molecule has 0 radical (unpaired) electrons. The van der Waals surface area contributed by atoms with Crippen molar-refractivity contribution in [3.05, 3.63) is 138 Å². The van der Waals surface area contributed by atoms with Crippen molar-refractivity contribution in [2.24, 2.45) is 0 Å². The minimum Gasteiger partial charge on any atom is -0.374 e. The quantitative estimate of drug-likeness (QED) is 0.132. The molecular weight excluding hydrogens is 677 g/mol. The number of aryl methyl sites for hydroxylation is 1. The number of halogens is 1. The van der Waals surface area contributed by atoms with Crippen LogP contribution in [0.1, 0.15) is 22.3 Å². The first-order valence-corrected chi connectivity index (χ1v) is 16.9. The summed E-state index contributed by atoms with van der Waals surface area (Å²) in [4.78, 5) is 0.173. The van der Waals surface area contributed by atoms with Crippen LogP contribution in [-0.2, 0) is 48.8 Å². The number of alkyl halides is 1. The van der Waals surface area contributed by atoms with Crippen molar-refractivity contribution in [3.8, 4) is 0 Å². The van der Waals surface area contributed by atoms with Crippen LogP contribution in [-0.4, -0.2) is 43.5 Å². The average molecular weight is 714 g/mol. The molecule has 5 unspecified atom stereocenters. The van der Waals surface area contributed by atoms with Gasteiger partial charge in [-0.1, -0.05) is 131 Å². The highest BCUT2D eigenvalue weighted by Gasteiger charge is 2.47. The lowest BCUT2D eigenvalue weighted by atomic mass is 10.00. The number of sulfonamides is 1. The Morgan fingerprint density at radius 2 is 1.19 bits per heavy atom. The van der Waals surface area contributed by atoms with Crippen LogP contribution in [0.2, 0.25) is 0 Å². The van der Waals surface area contributed by atoms with Gasteiger partial charge in [-0.2, -0.15) is 4.72 Å². The van der Waals surface area contributed by atoms with Crippen LogP contribution < -0.4 is 4.72 Å². The maximum Gasteiger partial charge on any atom is 0.242 e. The van der Waals surface area contributed by atoms with Gasteiger partial charge in [0, 0.05) is 0 Å². The minimum atomic E-state index is -3.88. The lowest BCUT2D eigenvalue weighted by Crippen LogP contribution is -2.62. The molecule has 0 aliphatic carbocycles. The number of ether oxygens (including phenoxy) is 4. The highest BCUT2D eigenvalue weighted by molar-refractivity contribution is 14.1. The molecule has 1 heterocycles. The van der Waals surface area contributed by atoms with E-state index < -0.39 is 38.5 Å². The summed E-state index contributed by atoms with van der Waals surface area (Å²) in [5, 5.41) is 0. The van der Waals surface area contributed by atoms with Gasteiger partial charge >= 0.3 is 0 Å². The van der Waals surface area contributed by atoms with Crippen molar-refractivity contribution in [1.82, 2.24) is 4.72 Å². The molecule has 1 fully saturated rings. The van der Waals surface area contributed by atoms with Gasteiger partial charge in [-0.25, -0.2) is 8.42 Å². The first-order valence-electron chi connectivity index (χ1n) is 14.2. The molecule has 1 aliphatic heterocycles. The second-order valence-corrected chi connectivity index (χ2v) is 13.6. The predicted molar refractivity (Wildman–Crippen MR) is 174 cm³/mol. The van der Waals surface area contributed by atoms with E-state index in [1.165, 1.54) is 0 Å². The number of hydrogen-bond acceptors (Lipinski definition) is 6. The Labute approximate surface area is 267 Å². The van der Waals surface area contributed by atoms with Crippen LogP contribution in [0.15, 0.2) is 120 Å². The third-order valence-corrected chi connectivity index (χ3v) is 9.98. The van der Waals surface area contributed by atoms with Crippen LogP contribution in [0, 0.1) is 6.92 Å². The normalized spacial score (nSPS) is 22.3. The fourth-order valence-corrected chi connectivity index (χ4v) is 7.21. The number of rotatable bonds is 13. The molecule has 4 aromatic carbocycles. The highest BCUT2D eigenvalue weighted by Crippen LogP contribution is 2.32. The summed E-state index contributed by atoms with van der Waals surface area (Å²) in [6.07, 6.45) is -2.52. The van der Waals surface area contributed by atoms with E-state index in [0.717, 1.165) is 22.3 Å². The number of benzene rings is 4. The average Bonchev–Trinajstić information content (AvgIpc) is 3.03. The molecule has 0 amide bonds. The molecule has 5 atom stereocenters. The smallest absolute Gasteiger partial charge is 0.242 e. The van der Waals surface area contributed by atoms with Gasteiger partial charge in [-0.05, 0) is 35.7 Å². The molecule has 1 saturated heterocycles. The summed E-state index contributed by atoms with van der Waals surface area (Å²) in [7, 11) is -3.88. The Kier molecular flexibility index (Phi) is 11.4. The zero-order valence-corrected chi connectivity index (χ0v) is 26.9. The zero-order chi connectivity index (χ0) is 30.1. The molecule has 0 spiro atoms. The summed E-state index contributed by atoms with van der Waals surface area (Å²) in [5.74, 6) is 0. The molecular formula is C34H36INO6S. The fourth-order valence-electron chi connectivity index (χ4n) is 4.86. The first-order chi connectivity index (χ1) is 20.9. The van der Waals surface area contributed by atoms with E-state index in [1.54, 1.807) is 24.3 Å². The van der Waals surface area contributed by atoms with Gasteiger partial charge in [0.25, 0.3) is 0 Å². The molecule has 43 heavy (non-hydrogen) atoms. The molecule has 0 saturated carbocycles. The molecule has 9 heteroatoms. The molecule has 0 aromatic heterocycles. The summed E-state index contributed by atoms with van der Waals surface area (Å²) in [6, 6.07) is 36.4. The molecule has 0 bridgehead atoms. The summed E-state index contributed by atoms with van der Waals surface area (Å²) < 4.78 is 54.9. The van der Waals surface area contributed by atoms with E-state index in [2.05, 4.69) is 27.3 Å². The van der Waals surface area contributed by atoms with E-state index >= 15 is 0 Å². The Bertz CT molecular complexity index is 1510. The van der Waals surface area contributed by atoms with Gasteiger partial charge in [0.15, 0.2) is 0 Å². The van der Waals surface area contributed by atoms with Crippen molar-refractivity contribution in [1.29, 1.82) is 0 Å². The molecule has 7 nitrogen and oxygen atoms in total. The largest absolute Gasteiger partial charge is 0.374 e. The minimum absolute atomic E-state index is 0.173. The van der Waals surface area contributed by atoms with Crippen LogP contribution in [0.3, 0.4) is 0 Å². The van der Waals surface area contributed by atoms with Crippen LogP contribution in [0.4, 0.5) is 0 Å². The van der Waals surface area contributed by atoms with Gasteiger partial charge < -0.3 is 18.9 Å². The van der Waals surface area contributed by atoms with Crippen LogP contribution >= 0.6 is 22.6 Å². The monoisotopic (exact) mass is 713 g/mol. The molecule has 226 valence electrons. The van der Waals surface area contributed by atoms with Crippen molar-refractivity contribution in [2.45, 2.75) is 60.1 Å². The lowest BCUT2D eigenvalue weighted by Gasteiger charge is -2.44. The van der Waals surface area contributed by atoms with E-state index in [-0.39, 0.29) is 11.5 Å². The van der Waals surface area contributed by atoms with Gasteiger partial charge in [0.1, 0.15) is 24.5 Å². The number of hydrogen-bond donors (Lipinski definition) is 1. The highest BCUT2D eigenvalue weighted by atomic mass is 127. The van der Waals surface area contributed by atoms with Gasteiger partial charge in [-0.15, -0.1) is 0 Å². The van der Waals surface area contributed by atoms with E-state index in [4.69, 9.17) is 18.9 Å².